The summed E-state index contributed by atoms with van der Waals surface area (Å²) in [5.74, 6) is 2.82. The molecule has 134 valence electrons. The van der Waals surface area contributed by atoms with E-state index in [9.17, 15) is 9.90 Å². The smallest absolute Gasteiger partial charge is 0.178 e. The number of ketones is 1. The van der Waals surface area contributed by atoms with Crippen LogP contribution in [0.3, 0.4) is 0 Å². The lowest BCUT2D eigenvalue weighted by Gasteiger charge is -2.58. The molecule has 0 bridgehead atoms. The van der Waals surface area contributed by atoms with Crippen molar-refractivity contribution in [3.63, 3.8) is 0 Å². The molecule has 3 saturated carbocycles. The topological polar surface area (TPSA) is 63.3 Å². The van der Waals surface area contributed by atoms with E-state index in [0.29, 0.717) is 29.4 Å². The Morgan fingerprint density at radius 2 is 1.83 bits per heavy atom. The van der Waals surface area contributed by atoms with Gasteiger partial charge in [0.15, 0.2) is 5.78 Å². The number of aliphatic hydroxyl groups excluding tert-OH is 1. The molecule has 0 saturated heterocycles. The van der Waals surface area contributed by atoms with Crippen LogP contribution in [-0.4, -0.2) is 17.0 Å². The summed E-state index contributed by atoms with van der Waals surface area (Å²) in [6.07, 6.45) is 8.57. The highest BCUT2D eigenvalue weighted by atomic mass is 16.3. The first kappa shape index (κ1) is 16.6. The Labute approximate surface area is 146 Å². The zero-order valence-electron chi connectivity index (χ0n) is 15.5. The Morgan fingerprint density at radius 1 is 1.08 bits per heavy atom. The Kier molecular flexibility index (Phi) is 3.69. The lowest BCUT2D eigenvalue weighted by Crippen LogP contribution is -2.52. The number of hydrogen-bond acceptors (Lipinski definition) is 3. The Morgan fingerprint density at radius 3 is 2.54 bits per heavy atom. The first-order chi connectivity index (χ1) is 11.3. The molecule has 3 N–H and O–H groups in total. The van der Waals surface area contributed by atoms with Crippen molar-refractivity contribution in [2.75, 3.05) is 0 Å². The molecule has 4 aliphatic rings. The largest absolute Gasteiger partial charge is 0.396 e. The summed E-state index contributed by atoms with van der Waals surface area (Å²) in [5.41, 5.74) is 8.57. The summed E-state index contributed by atoms with van der Waals surface area (Å²) in [7, 11) is 0. The molecule has 0 spiro atoms. The van der Waals surface area contributed by atoms with E-state index < -0.39 is 0 Å². The first-order valence-electron chi connectivity index (χ1n) is 9.99. The third-order valence-corrected chi connectivity index (χ3v) is 8.83. The van der Waals surface area contributed by atoms with Crippen LogP contribution in [-0.2, 0) is 4.79 Å². The van der Waals surface area contributed by atoms with Gasteiger partial charge in [0.25, 0.3) is 0 Å². The van der Waals surface area contributed by atoms with E-state index in [1.54, 1.807) is 0 Å². The first-order valence-corrected chi connectivity index (χ1v) is 9.99. The monoisotopic (exact) mass is 331 g/mol. The fourth-order valence-electron chi connectivity index (χ4n) is 7.59. The summed E-state index contributed by atoms with van der Waals surface area (Å²) in [4.78, 5) is 12.1. The molecule has 4 rings (SSSR count). The highest BCUT2D eigenvalue weighted by molar-refractivity contribution is 5.96. The van der Waals surface area contributed by atoms with Gasteiger partial charge in [0.05, 0.1) is 11.8 Å². The summed E-state index contributed by atoms with van der Waals surface area (Å²) in [6, 6.07) is 0. The SMILES string of the molecule is C[C@H](O)[C@H]1CC[C@H]2[C@@H]3CCC4=C(N)C(=O)CC[C@]4(C)[C@H]3CC[C@]12C. The van der Waals surface area contributed by atoms with Crippen molar-refractivity contribution in [2.45, 2.75) is 78.2 Å². The molecule has 0 aromatic rings. The lowest BCUT2D eigenvalue weighted by molar-refractivity contribution is -0.119. The normalized spacial score (nSPS) is 49.4. The van der Waals surface area contributed by atoms with Crippen molar-refractivity contribution in [1.82, 2.24) is 0 Å². The van der Waals surface area contributed by atoms with E-state index in [4.69, 9.17) is 5.73 Å². The van der Waals surface area contributed by atoms with E-state index in [2.05, 4.69) is 13.8 Å². The molecule has 0 unspecified atom stereocenters. The number of fused-ring (bicyclic) bond motifs is 5. The van der Waals surface area contributed by atoms with E-state index in [1.165, 1.54) is 37.7 Å². The number of rotatable bonds is 1. The van der Waals surface area contributed by atoms with Gasteiger partial charge < -0.3 is 10.8 Å². The van der Waals surface area contributed by atoms with E-state index >= 15 is 0 Å². The minimum atomic E-state index is -0.186. The van der Waals surface area contributed by atoms with Gasteiger partial charge in [-0.25, -0.2) is 0 Å². The molecule has 4 aliphatic carbocycles. The van der Waals surface area contributed by atoms with Gasteiger partial charge in [0.2, 0.25) is 0 Å². The van der Waals surface area contributed by atoms with Gasteiger partial charge in [-0.2, -0.15) is 0 Å². The van der Waals surface area contributed by atoms with Crippen LogP contribution in [0, 0.1) is 34.5 Å². The summed E-state index contributed by atoms with van der Waals surface area (Å²) >= 11 is 0. The number of Topliss-reactive ketones (excluding diaryl/α,β-unsaturated/α-hetero) is 1. The van der Waals surface area contributed by atoms with Crippen molar-refractivity contribution >= 4 is 5.78 Å². The van der Waals surface area contributed by atoms with E-state index in [0.717, 1.165) is 24.7 Å². The molecule has 3 heteroatoms. The van der Waals surface area contributed by atoms with Crippen LogP contribution < -0.4 is 5.73 Å². The van der Waals surface area contributed by atoms with Crippen molar-refractivity contribution in [3.8, 4) is 0 Å². The van der Waals surface area contributed by atoms with Gasteiger partial charge >= 0.3 is 0 Å². The molecule has 3 fully saturated rings. The van der Waals surface area contributed by atoms with E-state index in [1.807, 2.05) is 6.92 Å². The summed E-state index contributed by atoms with van der Waals surface area (Å²) < 4.78 is 0. The number of allylic oxidation sites excluding steroid dienone is 1. The van der Waals surface area contributed by atoms with Gasteiger partial charge in [-0.1, -0.05) is 13.8 Å². The van der Waals surface area contributed by atoms with Crippen LogP contribution in [0.4, 0.5) is 0 Å². The number of carbonyl (C=O) groups is 1. The molecule has 3 nitrogen and oxygen atoms in total. The molecule has 0 aromatic carbocycles. The van der Waals surface area contributed by atoms with Crippen molar-refractivity contribution in [3.05, 3.63) is 11.3 Å². The third kappa shape index (κ3) is 2.03. The Hall–Kier alpha value is -0.830. The standard InChI is InChI=1S/C21H33NO2/c1-12(23)14-6-7-15-13-4-5-17-19(22)18(24)9-11-21(17,3)16(13)8-10-20(14,15)2/h12-16,23H,4-11,22H2,1-3H3/t12-,13-,14+,15-,16-,20+,21+/m0/s1. The average Bonchev–Trinajstić information content (AvgIpc) is 2.89. The zero-order chi connectivity index (χ0) is 17.3. The number of hydrogen-bond donors (Lipinski definition) is 2. The van der Waals surface area contributed by atoms with Gasteiger partial charge in [0, 0.05) is 6.42 Å². The maximum absolute atomic E-state index is 12.1. The Bertz CT molecular complexity index is 595. The third-order valence-electron chi connectivity index (χ3n) is 8.83. The van der Waals surface area contributed by atoms with Crippen LogP contribution in [0.15, 0.2) is 11.3 Å². The predicted octanol–water partition coefficient (Wildman–Crippen LogP) is 3.80. The van der Waals surface area contributed by atoms with Gasteiger partial charge in [-0.05, 0) is 91.9 Å². The van der Waals surface area contributed by atoms with Crippen LogP contribution in [0.25, 0.3) is 0 Å². The molecule has 0 amide bonds. The van der Waals surface area contributed by atoms with Gasteiger partial charge in [-0.15, -0.1) is 0 Å². The van der Waals surface area contributed by atoms with Crippen LogP contribution >= 0.6 is 0 Å². The van der Waals surface area contributed by atoms with Crippen LogP contribution in [0.5, 0.6) is 0 Å². The molecule has 24 heavy (non-hydrogen) atoms. The van der Waals surface area contributed by atoms with Crippen molar-refractivity contribution < 1.29 is 9.90 Å². The predicted molar refractivity (Wildman–Crippen MR) is 95.0 cm³/mol. The molecule has 0 aliphatic heterocycles. The molecular weight excluding hydrogens is 298 g/mol. The molecule has 0 aromatic heterocycles. The highest BCUT2D eigenvalue weighted by Crippen LogP contribution is 2.67. The second kappa shape index (κ2) is 5.33. The van der Waals surface area contributed by atoms with Gasteiger partial charge in [-0.3, -0.25) is 4.79 Å². The maximum atomic E-state index is 12.1. The minimum Gasteiger partial charge on any atom is -0.396 e. The average molecular weight is 332 g/mol. The fourth-order valence-corrected chi connectivity index (χ4v) is 7.59. The molecule has 0 radical (unpaired) electrons. The summed E-state index contributed by atoms with van der Waals surface area (Å²) in [5, 5.41) is 10.3. The van der Waals surface area contributed by atoms with Gasteiger partial charge in [0.1, 0.15) is 0 Å². The van der Waals surface area contributed by atoms with Crippen LogP contribution in [0.2, 0.25) is 0 Å². The molecule has 0 heterocycles. The second-order valence-corrected chi connectivity index (χ2v) is 9.62. The highest BCUT2D eigenvalue weighted by Gasteiger charge is 2.59. The molecule has 7 atom stereocenters. The molecular formula is C21H33NO2. The Balaban J connectivity index is 1.68. The number of nitrogens with two attached hydrogens (primary N) is 1. The minimum absolute atomic E-state index is 0.144. The lowest BCUT2D eigenvalue weighted by atomic mass is 9.46. The zero-order valence-corrected chi connectivity index (χ0v) is 15.5. The maximum Gasteiger partial charge on any atom is 0.178 e. The summed E-state index contributed by atoms with van der Waals surface area (Å²) in [6.45, 7) is 6.83. The number of carbonyl (C=O) groups excluding carboxylic acids is 1. The van der Waals surface area contributed by atoms with Crippen molar-refractivity contribution in [1.29, 1.82) is 0 Å². The fraction of sp³-hybridized carbons (Fsp3) is 0.857. The van der Waals surface area contributed by atoms with E-state index in [-0.39, 0.29) is 17.3 Å². The van der Waals surface area contributed by atoms with Crippen molar-refractivity contribution in [2.24, 2.45) is 40.2 Å². The quantitative estimate of drug-likeness (QED) is 0.768. The van der Waals surface area contributed by atoms with Crippen LogP contribution in [0.1, 0.15) is 72.1 Å². The number of aliphatic hydroxyl groups is 1. The second-order valence-electron chi connectivity index (χ2n) is 9.62.